The molecule has 1 heterocycles. The summed E-state index contributed by atoms with van der Waals surface area (Å²) in [6.45, 7) is 0. The number of likely N-dealkylation sites (tertiary alicyclic amines) is 1. The summed E-state index contributed by atoms with van der Waals surface area (Å²) in [4.78, 5) is 52.0. The van der Waals surface area contributed by atoms with Gasteiger partial charge in [0.25, 0.3) is 5.69 Å². The van der Waals surface area contributed by atoms with Gasteiger partial charge < -0.3 is 5.32 Å². The van der Waals surface area contributed by atoms with Crippen molar-refractivity contribution in [2.45, 2.75) is 25.3 Å². The van der Waals surface area contributed by atoms with Gasteiger partial charge in [-0.1, -0.05) is 54.6 Å². The highest BCUT2D eigenvalue weighted by Crippen LogP contribution is 2.51. The fourth-order valence-electron chi connectivity index (χ4n) is 5.55. The van der Waals surface area contributed by atoms with Crippen molar-refractivity contribution in [3.63, 3.8) is 0 Å². The van der Waals surface area contributed by atoms with E-state index in [9.17, 15) is 24.5 Å². The largest absolute Gasteiger partial charge is 0.320 e. The summed E-state index contributed by atoms with van der Waals surface area (Å²) >= 11 is 0. The number of nitro groups is 1. The number of rotatable bonds is 6. The number of carbonyl (C=O) groups excluding carboxylic acids is 3. The molecule has 1 saturated carbocycles. The summed E-state index contributed by atoms with van der Waals surface area (Å²) in [5.74, 6) is -1.59. The summed E-state index contributed by atoms with van der Waals surface area (Å²) in [5, 5.41) is 13.9. The van der Waals surface area contributed by atoms with Gasteiger partial charge in [-0.2, -0.15) is 0 Å². The first-order chi connectivity index (χ1) is 16.0. The fourth-order valence-corrected chi connectivity index (χ4v) is 5.55. The normalized spacial score (nSPS) is 26.2. The molecule has 0 spiro atoms. The summed E-state index contributed by atoms with van der Waals surface area (Å²) in [7, 11) is 0. The SMILES string of the molecule is O=C(C[C@H](c1ccccc1)N1C(=O)[C@@H]2[C@H](C1=O)[C@H]1C=C[C@H]2CC1)Nc1ccccc1[N+](=O)[O-]. The van der Waals surface area contributed by atoms with Crippen LogP contribution in [0.15, 0.2) is 66.7 Å². The number of nitrogens with zero attached hydrogens (tertiary/aromatic N) is 2. The Balaban J connectivity index is 1.45. The minimum atomic E-state index is -0.779. The lowest BCUT2D eigenvalue weighted by Gasteiger charge is -2.38. The van der Waals surface area contributed by atoms with Crippen molar-refractivity contribution >= 4 is 29.1 Å². The van der Waals surface area contributed by atoms with Crippen LogP contribution in [0.1, 0.15) is 30.9 Å². The molecule has 2 aromatic carbocycles. The Bertz CT molecular complexity index is 1130. The van der Waals surface area contributed by atoms with Gasteiger partial charge in [0, 0.05) is 6.07 Å². The lowest BCUT2D eigenvalue weighted by molar-refractivity contribution is -0.383. The maximum atomic E-state index is 13.5. The lowest BCUT2D eigenvalue weighted by atomic mass is 9.63. The number of amides is 3. The van der Waals surface area contributed by atoms with E-state index in [2.05, 4.69) is 17.5 Å². The van der Waals surface area contributed by atoms with Crippen LogP contribution in [0.5, 0.6) is 0 Å². The zero-order valence-corrected chi connectivity index (χ0v) is 17.8. The highest BCUT2D eigenvalue weighted by atomic mass is 16.6. The van der Waals surface area contributed by atoms with E-state index in [0.717, 1.165) is 12.8 Å². The minimum Gasteiger partial charge on any atom is -0.320 e. The van der Waals surface area contributed by atoms with Gasteiger partial charge >= 0.3 is 0 Å². The predicted molar refractivity (Wildman–Crippen MR) is 120 cm³/mol. The molecule has 8 heteroatoms. The second kappa shape index (κ2) is 8.27. The Morgan fingerprint density at radius 2 is 1.55 bits per heavy atom. The average molecular weight is 445 g/mol. The molecule has 1 saturated heterocycles. The molecule has 0 unspecified atom stereocenters. The van der Waals surface area contributed by atoms with Crippen LogP contribution in [-0.2, 0) is 14.4 Å². The Hall–Kier alpha value is -3.81. The van der Waals surface area contributed by atoms with Crippen molar-refractivity contribution in [3.05, 3.63) is 82.4 Å². The van der Waals surface area contributed by atoms with E-state index in [0.29, 0.717) is 5.56 Å². The number of anilines is 1. The Morgan fingerprint density at radius 3 is 2.12 bits per heavy atom. The van der Waals surface area contributed by atoms with Crippen LogP contribution in [0.2, 0.25) is 0 Å². The predicted octanol–water partition coefficient (Wildman–Crippen LogP) is 3.86. The third kappa shape index (κ3) is 3.61. The van der Waals surface area contributed by atoms with Crippen molar-refractivity contribution in [2.75, 3.05) is 5.32 Å². The number of imide groups is 1. The van der Waals surface area contributed by atoms with Crippen LogP contribution in [0.25, 0.3) is 0 Å². The zero-order valence-electron chi connectivity index (χ0n) is 17.8. The first kappa shape index (κ1) is 21.1. The number of carbonyl (C=O) groups is 3. The fraction of sp³-hybridized carbons (Fsp3) is 0.320. The van der Waals surface area contributed by atoms with E-state index in [-0.39, 0.29) is 53.3 Å². The van der Waals surface area contributed by atoms with Crippen LogP contribution in [0.4, 0.5) is 11.4 Å². The third-order valence-electron chi connectivity index (χ3n) is 7.04. The van der Waals surface area contributed by atoms with Crippen LogP contribution >= 0.6 is 0 Å². The lowest BCUT2D eigenvalue weighted by Crippen LogP contribution is -2.38. The molecule has 2 fully saturated rings. The van der Waals surface area contributed by atoms with Crippen molar-refractivity contribution < 1.29 is 19.3 Å². The van der Waals surface area contributed by atoms with E-state index < -0.39 is 16.9 Å². The number of benzene rings is 2. The number of allylic oxidation sites excluding steroid dienone is 2. The van der Waals surface area contributed by atoms with Gasteiger partial charge in [0.05, 0.1) is 29.2 Å². The van der Waals surface area contributed by atoms with Gasteiger partial charge in [-0.05, 0) is 36.3 Å². The first-order valence-corrected chi connectivity index (χ1v) is 11.1. The average Bonchev–Trinajstić information content (AvgIpc) is 3.11. The molecule has 3 amide bonds. The van der Waals surface area contributed by atoms with E-state index >= 15 is 0 Å². The van der Waals surface area contributed by atoms with Crippen LogP contribution in [-0.4, -0.2) is 27.5 Å². The second-order valence-electron chi connectivity index (χ2n) is 8.84. The summed E-state index contributed by atoms with van der Waals surface area (Å²) in [6, 6.07) is 14.1. The van der Waals surface area contributed by atoms with Gasteiger partial charge in [0.15, 0.2) is 0 Å². The molecule has 2 bridgehead atoms. The monoisotopic (exact) mass is 445 g/mol. The quantitative estimate of drug-likeness (QED) is 0.314. The summed E-state index contributed by atoms with van der Waals surface area (Å²) < 4.78 is 0. The van der Waals surface area contributed by atoms with Gasteiger partial charge in [-0.15, -0.1) is 0 Å². The smallest absolute Gasteiger partial charge is 0.292 e. The molecule has 1 aliphatic heterocycles. The van der Waals surface area contributed by atoms with E-state index in [4.69, 9.17) is 0 Å². The first-order valence-electron chi connectivity index (χ1n) is 11.1. The molecule has 0 radical (unpaired) electrons. The molecular weight excluding hydrogens is 422 g/mol. The van der Waals surface area contributed by atoms with Crippen molar-refractivity contribution in [1.29, 1.82) is 0 Å². The minimum absolute atomic E-state index is 0.0543. The third-order valence-corrected chi connectivity index (χ3v) is 7.04. The molecular formula is C25H23N3O5. The zero-order chi connectivity index (χ0) is 23.1. The number of nitrogens with one attached hydrogen (secondary N) is 1. The molecule has 4 aliphatic rings. The maximum Gasteiger partial charge on any atom is 0.292 e. The number of hydrogen-bond donors (Lipinski definition) is 1. The van der Waals surface area contributed by atoms with E-state index in [1.54, 1.807) is 30.3 Å². The molecule has 2 aromatic rings. The number of fused-ring (bicyclic) bond motifs is 1. The highest BCUT2D eigenvalue weighted by Gasteiger charge is 2.58. The van der Waals surface area contributed by atoms with Crippen molar-refractivity contribution in [2.24, 2.45) is 23.7 Å². The van der Waals surface area contributed by atoms with Crippen LogP contribution in [0.3, 0.4) is 0 Å². The van der Waals surface area contributed by atoms with E-state index in [1.165, 1.54) is 23.1 Å². The molecule has 3 aliphatic carbocycles. The van der Waals surface area contributed by atoms with E-state index in [1.807, 2.05) is 6.07 Å². The van der Waals surface area contributed by atoms with Crippen LogP contribution in [0, 0.1) is 33.8 Å². The molecule has 8 nitrogen and oxygen atoms in total. The molecule has 5 atom stereocenters. The number of nitro benzene ring substituents is 1. The second-order valence-corrected chi connectivity index (χ2v) is 8.84. The number of hydrogen-bond acceptors (Lipinski definition) is 5. The van der Waals surface area contributed by atoms with Gasteiger partial charge in [-0.3, -0.25) is 29.4 Å². The Kier molecular flexibility index (Phi) is 5.28. The molecule has 168 valence electrons. The standard InChI is InChI=1S/C25H23N3O5/c29-21(26-18-8-4-5-9-19(18)28(32)33)14-20(15-6-2-1-3-7-15)27-24(30)22-16-10-11-17(13-12-16)23(22)25(27)31/h1-11,16-17,20,22-23H,12-14H2,(H,26,29)/t16-,17-,20+,22-,23+/m0/s1. The molecule has 6 rings (SSSR count). The topological polar surface area (TPSA) is 110 Å². The van der Waals surface area contributed by atoms with Crippen molar-refractivity contribution in [3.8, 4) is 0 Å². The highest BCUT2D eigenvalue weighted by molar-refractivity contribution is 6.07. The maximum absolute atomic E-state index is 13.5. The van der Waals surface area contributed by atoms with Crippen molar-refractivity contribution in [1.82, 2.24) is 4.90 Å². The van der Waals surface area contributed by atoms with Gasteiger partial charge in [0.2, 0.25) is 17.7 Å². The van der Waals surface area contributed by atoms with Gasteiger partial charge in [-0.25, -0.2) is 0 Å². The Labute approximate surface area is 190 Å². The molecule has 1 N–H and O–H groups in total. The van der Waals surface area contributed by atoms with Gasteiger partial charge in [0.1, 0.15) is 5.69 Å². The number of para-hydroxylation sites is 2. The van der Waals surface area contributed by atoms with Crippen LogP contribution < -0.4 is 5.32 Å². The summed E-state index contributed by atoms with van der Waals surface area (Å²) in [6.07, 6.45) is 5.72. The Morgan fingerprint density at radius 1 is 0.970 bits per heavy atom. The summed E-state index contributed by atoms with van der Waals surface area (Å²) in [5.41, 5.74) is 0.536. The molecule has 0 aromatic heterocycles. The molecule has 33 heavy (non-hydrogen) atoms.